The van der Waals surface area contributed by atoms with Crippen molar-refractivity contribution in [2.45, 2.75) is 83.8 Å². The van der Waals surface area contributed by atoms with Crippen molar-refractivity contribution in [3.63, 3.8) is 0 Å². The molecule has 2 heterocycles. The molecule has 0 amide bonds. The van der Waals surface area contributed by atoms with Gasteiger partial charge in [0.2, 0.25) is 0 Å². The number of carbonyl (C=O) groups is 2. The first kappa shape index (κ1) is 17.2. The molecule has 9 atom stereocenters. The lowest BCUT2D eigenvalue weighted by Crippen LogP contribution is -2.75. The van der Waals surface area contributed by atoms with E-state index >= 15 is 0 Å². The normalized spacial score (nSPS) is 56.0. The Morgan fingerprint density at radius 1 is 1.15 bits per heavy atom. The molecule has 1 spiro atoms. The number of carbonyl (C=O) groups excluding carboxylic acids is 1. The van der Waals surface area contributed by atoms with E-state index in [0.29, 0.717) is 30.0 Å². The first-order chi connectivity index (χ1) is 12.2. The fourth-order valence-electron chi connectivity index (χ4n) is 8.65. The number of hydrogen-bond acceptors (Lipinski definition) is 3. The summed E-state index contributed by atoms with van der Waals surface area (Å²) in [6.07, 6.45) is 8.48. The first-order valence-electron chi connectivity index (χ1n) is 10.7. The monoisotopic (exact) mass is 360 g/mol. The van der Waals surface area contributed by atoms with Crippen molar-refractivity contribution in [1.29, 1.82) is 0 Å². The fraction of sp³-hybridized carbons (Fsp3) is 0.909. The van der Waals surface area contributed by atoms with Gasteiger partial charge >= 0.3 is 5.97 Å². The van der Waals surface area contributed by atoms with Gasteiger partial charge in [-0.2, -0.15) is 0 Å². The number of ketones is 1. The molecule has 0 aromatic heterocycles. The van der Waals surface area contributed by atoms with Crippen LogP contribution in [-0.2, 0) is 14.3 Å². The number of fused-ring (bicyclic) bond motifs is 3. The third kappa shape index (κ3) is 1.76. The molecule has 6 aliphatic rings. The van der Waals surface area contributed by atoms with Crippen molar-refractivity contribution in [2.24, 2.45) is 40.4 Å². The van der Waals surface area contributed by atoms with Crippen molar-refractivity contribution >= 4 is 11.8 Å². The summed E-state index contributed by atoms with van der Waals surface area (Å²) in [6.45, 7) is 6.40. The van der Waals surface area contributed by atoms with Crippen molar-refractivity contribution in [3.05, 3.63) is 0 Å². The van der Waals surface area contributed by atoms with Gasteiger partial charge < -0.3 is 9.84 Å². The summed E-state index contributed by atoms with van der Waals surface area (Å²) in [5, 5.41) is 9.60. The van der Waals surface area contributed by atoms with Crippen molar-refractivity contribution in [2.75, 3.05) is 0 Å². The summed E-state index contributed by atoms with van der Waals surface area (Å²) in [5.41, 5.74) is -0.740. The minimum Gasteiger partial charge on any atom is -0.481 e. The standard InChI is InChI=1S/C22H32O4/c1-12(19(24)25)15-6-7-16-17-5-4-13-10-14-8-9-21(13,3)22(17,26-14)18(23)11-20(15,16)2/h12-17H,4-11H2,1-3H3,(H,24,25)/t12-,13+,14+,15+,16-,17-,20+,21-,22-/m0/s1. The van der Waals surface area contributed by atoms with Crippen LogP contribution in [0.15, 0.2) is 0 Å². The Labute approximate surface area is 156 Å². The summed E-state index contributed by atoms with van der Waals surface area (Å²) >= 11 is 0. The largest absolute Gasteiger partial charge is 0.481 e. The van der Waals surface area contributed by atoms with Crippen LogP contribution in [-0.4, -0.2) is 28.6 Å². The average Bonchev–Trinajstić information content (AvgIpc) is 2.90. The van der Waals surface area contributed by atoms with E-state index in [1.54, 1.807) is 0 Å². The lowest BCUT2D eigenvalue weighted by atomic mass is 9.40. The predicted molar refractivity (Wildman–Crippen MR) is 96.5 cm³/mol. The Balaban J connectivity index is 1.58. The van der Waals surface area contributed by atoms with Gasteiger partial charge in [-0.25, -0.2) is 0 Å². The molecule has 4 bridgehead atoms. The molecule has 4 aliphatic carbocycles. The Hall–Kier alpha value is -0.900. The highest BCUT2D eigenvalue weighted by Crippen LogP contribution is 2.72. The number of rotatable bonds is 2. The number of hydrogen-bond donors (Lipinski definition) is 1. The smallest absolute Gasteiger partial charge is 0.306 e. The van der Waals surface area contributed by atoms with E-state index in [0.717, 1.165) is 38.5 Å². The average molecular weight is 360 g/mol. The molecule has 4 saturated carbocycles. The molecule has 4 heteroatoms. The lowest BCUT2D eigenvalue weighted by Gasteiger charge is -2.70. The Kier molecular flexibility index (Phi) is 3.39. The van der Waals surface area contributed by atoms with Gasteiger partial charge in [-0.1, -0.05) is 20.8 Å². The summed E-state index contributed by atoms with van der Waals surface area (Å²) in [7, 11) is 0. The molecule has 1 N–H and O–H groups in total. The SMILES string of the molecule is C[C@H](C(=O)O)[C@H]1CC[C@H]2[C@@H]3CC[C@@H]4C[C@H]5CC[C@]4(C)[C@@]3(O5)C(=O)C[C@]12C. The highest BCUT2D eigenvalue weighted by Gasteiger charge is 2.74. The maximum atomic E-state index is 13.8. The van der Waals surface area contributed by atoms with Gasteiger partial charge in [0.05, 0.1) is 12.0 Å². The second-order valence-electron chi connectivity index (χ2n) is 10.6. The third-order valence-electron chi connectivity index (χ3n) is 9.90. The molecule has 2 saturated heterocycles. The van der Waals surface area contributed by atoms with Crippen LogP contribution in [0.3, 0.4) is 0 Å². The van der Waals surface area contributed by atoms with E-state index in [2.05, 4.69) is 13.8 Å². The fourth-order valence-corrected chi connectivity index (χ4v) is 8.65. The molecular formula is C22H32O4. The number of Topliss-reactive ketones (excluding diaryl/α,β-unsaturated/α-hetero) is 1. The van der Waals surface area contributed by atoms with Crippen molar-refractivity contribution in [1.82, 2.24) is 0 Å². The van der Waals surface area contributed by atoms with Crippen LogP contribution in [0.4, 0.5) is 0 Å². The van der Waals surface area contributed by atoms with Crippen LogP contribution in [0.5, 0.6) is 0 Å². The topological polar surface area (TPSA) is 63.6 Å². The molecule has 0 radical (unpaired) electrons. The number of carboxylic acid groups (broad SMARTS) is 1. The van der Waals surface area contributed by atoms with Crippen LogP contribution < -0.4 is 0 Å². The lowest BCUT2D eigenvalue weighted by molar-refractivity contribution is -0.307. The molecule has 0 aromatic carbocycles. The maximum Gasteiger partial charge on any atom is 0.306 e. The maximum absolute atomic E-state index is 13.8. The molecular weight excluding hydrogens is 328 g/mol. The number of aliphatic carboxylic acids is 1. The van der Waals surface area contributed by atoms with Crippen LogP contribution >= 0.6 is 0 Å². The molecule has 6 fully saturated rings. The zero-order chi connectivity index (χ0) is 18.5. The van der Waals surface area contributed by atoms with E-state index < -0.39 is 11.6 Å². The molecule has 0 aromatic rings. The minimum absolute atomic E-state index is 0.000416. The van der Waals surface area contributed by atoms with Gasteiger partial charge in [-0.15, -0.1) is 0 Å². The summed E-state index contributed by atoms with van der Waals surface area (Å²) < 4.78 is 6.69. The number of carboxylic acids is 1. The molecule has 144 valence electrons. The Morgan fingerprint density at radius 3 is 2.62 bits per heavy atom. The van der Waals surface area contributed by atoms with Gasteiger partial charge in [0.1, 0.15) is 5.60 Å². The first-order valence-corrected chi connectivity index (χ1v) is 10.7. The summed E-state index contributed by atoms with van der Waals surface area (Å²) in [5.74, 6) is 0.693. The number of ether oxygens (including phenoxy) is 1. The Morgan fingerprint density at radius 2 is 1.88 bits per heavy atom. The van der Waals surface area contributed by atoms with Gasteiger partial charge in [-0.05, 0) is 74.0 Å². The molecule has 0 unspecified atom stereocenters. The van der Waals surface area contributed by atoms with Crippen LogP contribution in [0.2, 0.25) is 0 Å². The summed E-state index contributed by atoms with van der Waals surface area (Å²) in [4.78, 5) is 25.5. The van der Waals surface area contributed by atoms with E-state index in [1.807, 2.05) is 6.92 Å². The van der Waals surface area contributed by atoms with E-state index in [-0.39, 0.29) is 28.8 Å². The minimum atomic E-state index is -0.715. The third-order valence-corrected chi connectivity index (χ3v) is 9.90. The highest BCUT2D eigenvalue weighted by atomic mass is 16.5. The van der Waals surface area contributed by atoms with Crippen LogP contribution in [0.25, 0.3) is 0 Å². The zero-order valence-electron chi connectivity index (χ0n) is 16.3. The quantitative estimate of drug-likeness (QED) is 0.806. The van der Waals surface area contributed by atoms with Gasteiger partial charge in [0, 0.05) is 11.8 Å². The second kappa shape index (κ2) is 5.12. The van der Waals surface area contributed by atoms with E-state index in [1.165, 1.54) is 6.42 Å². The van der Waals surface area contributed by atoms with Gasteiger partial charge in [-0.3, -0.25) is 9.59 Å². The molecule has 6 rings (SSSR count). The second-order valence-corrected chi connectivity index (χ2v) is 10.6. The molecule has 2 aliphatic heterocycles. The van der Waals surface area contributed by atoms with E-state index in [4.69, 9.17) is 4.74 Å². The van der Waals surface area contributed by atoms with Crippen molar-refractivity contribution in [3.8, 4) is 0 Å². The van der Waals surface area contributed by atoms with Crippen LogP contribution in [0, 0.1) is 40.4 Å². The zero-order valence-corrected chi connectivity index (χ0v) is 16.3. The molecule has 26 heavy (non-hydrogen) atoms. The summed E-state index contributed by atoms with van der Waals surface area (Å²) in [6, 6.07) is 0. The predicted octanol–water partition coefficient (Wildman–Crippen LogP) is 4.07. The van der Waals surface area contributed by atoms with Crippen LogP contribution in [0.1, 0.15) is 72.1 Å². The Bertz CT molecular complexity index is 673. The highest BCUT2D eigenvalue weighted by molar-refractivity contribution is 5.91. The van der Waals surface area contributed by atoms with Crippen molar-refractivity contribution < 1.29 is 19.4 Å². The van der Waals surface area contributed by atoms with E-state index in [9.17, 15) is 14.7 Å². The molecule has 4 nitrogen and oxygen atoms in total. The van der Waals surface area contributed by atoms with Gasteiger partial charge in [0.15, 0.2) is 5.78 Å². The van der Waals surface area contributed by atoms with Gasteiger partial charge in [0.25, 0.3) is 0 Å².